The van der Waals surface area contributed by atoms with Gasteiger partial charge in [0.25, 0.3) is 0 Å². The zero-order valence-electron chi connectivity index (χ0n) is 7.77. The van der Waals surface area contributed by atoms with Crippen LogP contribution in [0.5, 0.6) is 0 Å². The van der Waals surface area contributed by atoms with Crippen molar-refractivity contribution in [2.24, 2.45) is 0 Å². The molecule has 0 fully saturated rings. The molecule has 1 heterocycles. The lowest BCUT2D eigenvalue weighted by molar-refractivity contribution is 0.709. The predicted molar refractivity (Wildman–Crippen MR) is 63.6 cm³/mol. The van der Waals surface area contributed by atoms with Gasteiger partial charge in [0, 0.05) is 24.3 Å². The van der Waals surface area contributed by atoms with Crippen molar-refractivity contribution in [3.05, 3.63) is 0 Å². The standard InChI is InChI=1S/C11H14S2/c1-2-4-6-8-12-10-11-13-9-7-5-3-1/h1-5,10-11H2. The molecule has 0 aromatic carbocycles. The summed E-state index contributed by atoms with van der Waals surface area (Å²) in [7, 11) is 0. The lowest BCUT2D eigenvalue weighted by atomic mass is 10.1. The molecule has 0 radical (unpaired) electrons. The third kappa shape index (κ3) is 6.94. The Kier molecular flexibility index (Phi) is 7.06. The number of hydrogen-bond acceptors (Lipinski definition) is 2. The normalized spacial score (nSPS) is 19.1. The minimum absolute atomic E-state index is 1.06. The Morgan fingerprint density at radius 3 is 1.77 bits per heavy atom. The molecule has 0 spiro atoms. The van der Waals surface area contributed by atoms with Crippen LogP contribution in [0, 0.1) is 22.3 Å². The number of hydrogen-bond donors (Lipinski definition) is 0. The molecule has 0 saturated heterocycles. The van der Waals surface area contributed by atoms with Crippen molar-refractivity contribution in [1.82, 2.24) is 0 Å². The van der Waals surface area contributed by atoms with Crippen molar-refractivity contribution in [3.8, 4) is 22.3 Å². The maximum Gasteiger partial charge on any atom is 0.0157 e. The molecule has 0 aromatic heterocycles. The maximum atomic E-state index is 3.19. The van der Waals surface area contributed by atoms with Gasteiger partial charge in [0.1, 0.15) is 0 Å². The molecule has 0 unspecified atom stereocenters. The van der Waals surface area contributed by atoms with Crippen molar-refractivity contribution < 1.29 is 0 Å². The summed E-state index contributed by atoms with van der Waals surface area (Å²) in [5.74, 6) is 8.58. The topological polar surface area (TPSA) is 0 Å². The largest absolute Gasteiger partial charge is 0.0913 e. The molecule has 70 valence electrons. The molecule has 0 amide bonds. The van der Waals surface area contributed by atoms with E-state index in [4.69, 9.17) is 0 Å². The summed E-state index contributed by atoms with van der Waals surface area (Å²) in [6.45, 7) is 0. The van der Waals surface area contributed by atoms with E-state index in [1.165, 1.54) is 19.3 Å². The Hall–Kier alpha value is -0.180. The second kappa shape index (κ2) is 8.42. The van der Waals surface area contributed by atoms with Crippen LogP contribution >= 0.6 is 23.5 Å². The Labute approximate surface area is 89.6 Å². The van der Waals surface area contributed by atoms with Crippen LogP contribution in [0.3, 0.4) is 0 Å². The molecule has 0 N–H and O–H groups in total. The van der Waals surface area contributed by atoms with Gasteiger partial charge < -0.3 is 0 Å². The number of thioether (sulfide) groups is 2. The monoisotopic (exact) mass is 210 g/mol. The van der Waals surface area contributed by atoms with Gasteiger partial charge in [-0.1, -0.05) is 41.8 Å². The van der Waals surface area contributed by atoms with Crippen molar-refractivity contribution in [2.75, 3.05) is 11.5 Å². The van der Waals surface area contributed by atoms with E-state index in [1.54, 1.807) is 23.5 Å². The third-order valence-electron chi connectivity index (χ3n) is 1.68. The molecule has 0 aliphatic carbocycles. The van der Waals surface area contributed by atoms with Crippen LogP contribution in [0.1, 0.15) is 32.1 Å². The van der Waals surface area contributed by atoms with Crippen molar-refractivity contribution >= 4 is 23.5 Å². The smallest absolute Gasteiger partial charge is 0.0157 e. The summed E-state index contributed by atoms with van der Waals surface area (Å²) >= 11 is 3.45. The molecular weight excluding hydrogens is 196 g/mol. The summed E-state index contributed by atoms with van der Waals surface area (Å²) in [6, 6.07) is 0. The first-order valence-electron chi connectivity index (χ1n) is 4.69. The minimum Gasteiger partial charge on any atom is -0.0913 e. The minimum atomic E-state index is 1.06. The Morgan fingerprint density at radius 2 is 1.23 bits per heavy atom. The average Bonchev–Trinajstić information content (AvgIpc) is 2.18. The molecular formula is C11H14S2. The average molecular weight is 210 g/mol. The molecule has 0 nitrogen and oxygen atoms in total. The summed E-state index contributed by atoms with van der Waals surface area (Å²) in [4.78, 5) is 0. The van der Waals surface area contributed by atoms with E-state index >= 15 is 0 Å². The Morgan fingerprint density at radius 1 is 0.692 bits per heavy atom. The van der Waals surface area contributed by atoms with Crippen LogP contribution in [0.25, 0.3) is 0 Å². The predicted octanol–water partition coefficient (Wildman–Crippen LogP) is 3.34. The van der Waals surface area contributed by atoms with Crippen LogP contribution in [0.15, 0.2) is 0 Å². The SMILES string of the molecule is C1#CSCCSC#CCCCCC1. The van der Waals surface area contributed by atoms with Crippen LogP contribution in [0.4, 0.5) is 0 Å². The fourth-order valence-corrected chi connectivity index (χ4v) is 2.27. The molecule has 2 heteroatoms. The Balaban J connectivity index is 2.25. The van der Waals surface area contributed by atoms with Crippen molar-refractivity contribution in [3.63, 3.8) is 0 Å². The van der Waals surface area contributed by atoms with Gasteiger partial charge in [0.05, 0.1) is 0 Å². The van der Waals surface area contributed by atoms with Crippen molar-refractivity contribution in [1.29, 1.82) is 0 Å². The van der Waals surface area contributed by atoms with Gasteiger partial charge in [-0.05, 0) is 23.3 Å². The highest BCUT2D eigenvalue weighted by atomic mass is 32.2. The number of rotatable bonds is 0. The van der Waals surface area contributed by atoms with E-state index in [0.29, 0.717) is 0 Å². The van der Waals surface area contributed by atoms with Crippen LogP contribution in [0.2, 0.25) is 0 Å². The summed E-state index contributed by atoms with van der Waals surface area (Å²) in [5, 5.41) is 6.26. The third-order valence-corrected chi connectivity index (χ3v) is 3.33. The summed E-state index contributed by atoms with van der Waals surface area (Å²) < 4.78 is 0. The molecule has 1 aliphatic heterocycles. The molecule has 0 atom stereocenters. The van der Waals surface area contributed by atoms with E-state index in [1.807, 2.05) is 0 Å². The van der Waals surface area contributed by atoms with Gasteiger partial charge in [-0.3, -0.25) is 0 Å². The zero-order valence-corrected chi connectivity index (χ0v) is 9.40. The summed E-state index contributed by atoms with van der Waals surface area (Å²) in [5.41, 5.74) is 0. The van der Waals surface area contributed by atoms with E-state index in [-0.39, 0.29) is 0 Å². The Bertz CT molecular complexity index is 210. The van der Waals surface area contributed by atoms with Gasteiger partial charge >= 0.3 is 0 Å². The van der Waals surface area contributed by atoms with E-state index in [0.717, 1.165) is 24.3 Å². The highest BCUT2D eigenvalue weighted by Crippen LogP contribution is 2.07. The van der Waals surface area contributed by atoms with Gasteiger partial charge in [-0.25, -0.2) is 0 Å². The second-order valence-electron chi connectivity index (χ2n) is 2.82. The highest BCUT2D eigenvalue weighted by Gasteiger charge is 1.88. The molecule has 0 bridgehead atoms. The zero-order chi connectivity index (χ0) is 9.19. The van der Waals surface area contributed by atoms with E-state index in [9.17, 15) is 0 Å². The maximum absolute atomic E-state index is 3.19. The van der Waals surface area contributed by atoms with Crippen molar-refractivity contribution in [2.45, 2.75) is 32.1 Å². The molecule has 13 heavy (non-hydrogen) atoms. The molecule has 1 aliphatic rings. The fourth-order valence-electron chi connectivity index (χ4n) is 0.993. The molecule has 0 saturated carbocycles. The first kappa shape index (κ1) is 10.9. The van der Waals surface area contributed by atoms with Crippen LogP contribution < -0.4 is 0 Å². The van der Waals surface area contributed by atoms with Gasteiger partial charge in [0.2, 0.25) is 0 Å². The lowest BCUT2D eigenvalue weighted by Crippen LogP contribution is -1.78. The highest BCUT2D eigenvalue weighted by molar-refractivity contribution is 8.07. The van der Waals surface area contributed by atoms with Crippen LogP contribution in [-0.4, -0.2) is 11.5 Å². The van der Waals surface area contributed by atoms with Crippen LogP contribution in [-0.2, 0) is 0 Å². The van der Waals surface area contributed by atoms with E-state index < -0.39 is 0 Å². The van der Waals surface area contributed by atoms with Gasteiger partial charge in [-0.2, -0.15) is 0 Å². The lowest BCUT2D eigenvalue weighted by Gasteiger charge is -1.91. The quantitative estimate of drug-likeness (QED) is 0.562. The van der Waals surface area contributed by atoms with Gasteiger partial charge in [0.15, 0.2) is 0 Å². The summed E-state index contributed by atoms with van der Waals surface area (Å²) in [6.07, 6.45) is 5.88. The molecule has 0 aromatic rings. The fraction of sp³-hybridized carbons (Fsp3) is 0.636. The van der Waals surface area contributed by atoms with Gasteiger partial charge in [-0.15, -0.1) is 0 Å². The second-order valence-corrected chi connectivity index (χ2v) is 4.62. The first-order chi connectivity index (χ1) is 6.50. The molecule has 1 rings (SSSR count). The van der Waals surface area contributed by atoms with E-state index in [2.05, 4.69) is 22.3 Å². The first-order valence-corrected chi connectivity index (χ1v) is 6.66.